The van der Waals surface area contributed by atoms with Gasteiger partial charge in [0.1, 0.15) is 0 Å². The zero-order chi connectivity index (χ0) is 10.1. The molecule has 2 nitrogen and oxygen atoms in total. The zero-order valence-electron chi connectivity index (χ0n) is 9.18. The van der Waals surface area contributed by atoms with Crippen LogP contribution in [0.4, 0.5) is 4.39 Å². The monoisotopic (exact) mass is 188 g/mol. The van der Waals surface area contributed by atoms with Crippen LogP contribution in [0.2, 0.25) is 0 Å². The lowest BCUT2D eigenvalue weighted by atomic mass is 9.94. The van der Waals surface area contributed by atoms with Gasteiger partial charge in [0.05, 0.1) is 0 Å². The van der Waals surface area contributed by atoms with E-state index in [-0.39, 0.29) is 5.41 Å². The molecule has 0 aromatic heterocycles. The van der Waals surface area contributed by atoms with E-state index < -0.39 is 6.30 Å². The SMILES string of the molecule is CN1CCN(C(F)C(C)(C)C)CC1. The molecule has 1 aliphatic rings. The molecule has 0 aromatic rings. The van der Waals surface area contributed by atoms with Crippen molar-refractivity contribution in [1.82, 2.24) is 9.80 Å². The van der Waals surface area contributed by atoms with Gasteiger partial charge in [0.15, 0.2) is 6.30 Å². The minimum atomic E-state index is -0.804. The van der Waals surface area contributed by atoms with Gasteiger partial charge >= 0.3 is 0 Å². The highest BCUT2D eigenvalue weighted by atomic mass is 19.1. The third-order valence-corrected chi connectivity index (χ3v) is 2.57. The molecular formula is C10H21FN2. The predicted octanol–water partition coefficient (Wildman–Crippen LogP) is 1.58. The maximum absolute atomic E-state index is 13.8. The van der Waals surface area contributed by atoms with Gasteiger partial charge in [0.2, 0.25) is 0 Å². The summed E-state index contributed by atoms with van der Waals surface area (Å²) in [5.74, 6) is 0. The molecule has 0 aromatic carbocycles. The molecule has 78 valence electrons. The van der Waals surface area contributed by atoms with E-state index in [2.05, 4.69) is 11.9 Å². The first-order valence-corrected chi connectivity index (χ1v) is 4.98. The molecule has 1 fully saturated rings. The van der Waals surface area contributed by atoms with E-state index in [1.807, 2.05) is 25.7 Å². The Balaban J connectivity index is 2.45. The molecule has 1 atom stereocenters. The number of halogens is 1. The van der Waals surface area contributed by atoms with Crippen LogP contribution in [0.1, 0.15) is 20.8 Å². The first-order chi connectivity index (χ1) is 5.91. The average Bonchev–Trinajstić information content (AvgIpc) is 2.03. The molecule has 0 spiro atoms. The summed E-state index contributed by atoms with van der Waals surface area (Å²) in [5, 5.41) is 0. The quantitative estimate of drug-likeness (QED) is 0.576. The number of hydrogen-bond acceptors (Lipinski definition) is 2. The smallest absolute Gasteiger partial charge is 0.158 e. The van der Waals surface area contributed by atoms with Crippen LogP contribution in [0.15, 0.2) is 0 Å². The summed E-state index contributed by atoms with van der Waals surface area (Å²) in [4.78, 5) is 4.19. The molecule has 0 saturated carbocycles. The van der Waals surface area contributed by atoms with E-state index >= 15 is 0 Å². The van der Waals surface area contributed by atoms with Crippen LogP contribution < -0.4 is 0 Å². The minimum absolute atomic E-state index is 0.254. The summed E-state index contributed by atoms with van der Waals surface area (Å²) < 4.78 is 13.8. The van der Waals surface area contributed by atoms with Crippen LogP contribution in [0.3, 0.4) is 0 Å². The number of hydrogen-bond donors (Lipinski definition) is 0. The van der Waals surface area contributed by atoms with Crippen LogP contribution in [0, 0.1) is 5.41 Å². The lowest BCUT2D eigenvalue weighted by Gasteiger charge is -2.39. The highest BCUT2D eigenvalue weighted by Crippen LogP contribution is 2.25. The Bertz CT molecular complexity index is 157. The Morgan fingerprint density at radius 3 is 1.92 bits per heavy atom. The van der Waals surface area contributed by atoms with E-state index in [4.69, 9.17) is 0 Å². The van der Waals surface area contributed by atoms with Gasteiger partial charge in [-0.3, -0.25) is 4.90 Å². The Morgan fingerprint density at radius 2 is 1.54 bits per heavy atom. The van der Waals surface area contributed by atoms with E-state index in [0.29, 0.717) is 0 Å². The highest BCUT2D eigenvalue weighted by Gasteiger charge is 2.31. The van der Waals surface area contributed by atoms with E-state index in [9.17, 15) is 4.39 Å². The molecule has 3 heteroatoms. The van der Waals surface area contributed by atoms with Crippen molar-refractivity contribution >= 4 is 0 Å². The molecule has 1 rings (SSSR count). The minimum Gasteiger partial charge on any atom is -0.304 e. The van der Waals surface area contributed by atoms with Crippen molar-refractivity contribution in [3.8, 4) is 0 Å². The lowest BCUT2D eigenvalue weighted by molar-refractivity contribution is -0.0272. The summed E-state index contributed by atoms with van der Waals surface area (Å²) >= 11 is 0. The van der Waals surface area contributed by atoms with Gasteiger partial charge < -0.3 is 4.90 Å². The normalized spacial score (nSPS) is 24.7. The second-order valence-electron chi connectivity index (χ2n) is 5.04. The van der Waals surface area contributed by atoms with Crippen LogP contribution in [0.25, 0.3) is 0 Å². The number of piperazine rings is 1. The highest BCUT2D eigenvalue weighted by molar-refractivity contribution is 4.78. The topological polar surface area (TPSA) is 6.48 Å². The third-order valence-electron chi connectivity index (χ3n) is 2.57. The molecule has 1 aliphatic heterocycles. The van der Waals surface area contributed by atoms with Crippen molar-refractivity contribution in [3.63, 3.8) is 0 Å². The molecular weight excluding hydrogens is 167 g/mol. The Labute approximate surface area is 80.7 Å². The van der Waals surface area contributed by atoms with Gasteiger partial charge in [-0.25, -0.2) is 4.39 Å². The summed E-state index contributed by atoms with van der Waals surface area (Å²) in [6.45, 7) is 9.54. The van der Waals surface area contributed by atoms with Gasteiger partial charge in [0.25, 0.3) is 0 Å². The van der Waals surface area contributed by atoms with Crippen LogP contribution >= 0.6 is 0 Å². The second-order valence-corrected chi connectivity index (χ2v) is 5.04. The first kappa shape index (κ1) is 10.9. The molecule has 1 unspecified atom stereocenters. The summed E-state index contributed by atoms with van der Waals surface area (Å²) in [5.41, 5.74) is -0.254. The maximum atomic E-state index is 13.8. The summed E-state index contributed by atoms with van der Waals surface area (Å²) in [7, 11) is 2.08. The molecule has 1 saturated heterocycles. The molecule has 13 heavy (non-hydrogen) atoms. The average molecular weight is 188 g/mol. The van der Waals surface area contributed by atoms with E-state index in [1.165, 1.54) is 0 Å². The standard InChI is InChI=1S/C10H21FN2/c1-10(2,3)9(11)13-7-5-12(4)6-8-13/h9H,5-8H2,1-4H3. The number of likely N-dealkylation sites (N-methyl/N-ethyl adjacent to an activating group) is 1. The van der Waals surface area contributed by atoms with Crippen LogP contribution in [0.5, 0.6) is 0 Å². The number of nitrogens with zero attached hydrogens (tertiary/aromatic N) is 2. The van der Waals surface area contributed by atoms with Gasteiger partial charge in [0, 0.05) is 31.6 Å². The van der Waals surface area contributed by atoms with Crippen LogP contribution in [-0.2, 0) is 0 Å². The van der Waals surface area contributed by atoms with Crippen molar-refractivity contribution < 1.29 is 4.39 Å². The molecule has 0 aliphatic carbocycles. The van der Waals surface area contributed by atoms with Crippen molar-refractivity contribution in [2.24, 2.45) is 5.41 Å². The zero-order valence-corrected chi connectivity index (χ0v) is 9.18. The van der Waals surface area contributed by atoms with Gasteiger partial charge in [-0.15, -0.1) is 0 Å². The predicted molar refractivity (Wildman–Crippen MR) is 53.4 cm³/mol. The van der Waals surface area contributed by atoms with Crippen molar-refractivity contribution in [2.45, 2.75) is 27.1 Å². The number of alkyl halides is 1. The summed E-state index contributed by atoms with van der Waals surface area (Å²) in [6, 6.07) is 0. The van der Waals surface area contributed by atoms with Crippen molar-refractivity contribution in [3.05, 3.63) is 0 Å². The van der Waals surface area contributed by atoms with Crippen molar-refractivity contribution in [1.29, 1.82) is 0 Å². The molecule has 0 N–H and O–H groups in total. The summed E-state index contributed by atoms with van der Waals surface area (Å²) in [6.07, 6.45) is -0.804. The third kappa shape index (κ3) is 2.92. The van der Waals surface area contributed by atoms with Gasteiger partial charge in [-0.05, 0) is 7.05 Å². The first-order valence-electron chi connectivity index (χ1n) is 4.98. The molecule has 1 heterocycles. The Hall–Kier alpha value is -0.150. The molecule has 0 bridgehead atoms. The fourth-order valence-electron chi connectivity index (χ4n) is 1.60. The second kappa shape index (κ2) is 3.93. The fraction of sp³-hybridized carbons (Fsp3) is 1.00. The fourth-order valence-corrected chi connectivity index (χ4v) is 1.60. The Morgan fingerprint density at radius 1 is 1.08 bits per heavy atom. The number of rotatable bonds is 1. The van der Waals surface area contributed by atoms with Crippen molar-refractivity contribution in [2.75, 3.05) is 33.2 Å². The largest absolute Gasteiger partial charge is 0.304 e. The maximum Gasteiger partial charge on any atom is 0.158 e. The van der Waals surface area contributed by atoms with Crippen LogP contribution in [-0.4, -0.2) is 49.3 Å². The van der Waals surface area contributed by atoms with Gasteiger partial charge in [-0.2, -0.15) is 0 Å². The lowest BCUT2D eigenvalue weighted by Crippen LogP contribution is -2.51. The Kier molecular flexibility index (Phi) is 3.30. The van der Waals surface area contributed by atoms with E-state index in [0.717, 1.165) is 26.2 Å². The molecule has 0 radical (unpaired) electrons. The van der Waals surface area contributed by atoms with Gasteiger partial charge in [-0.1, -0.05) is 20.8 Å². The molecule has 0 amide bonds. The van der Waals surface area contributed by atoms with E-state index in [1.54, 1.807) is 0 Å².